The van der Waals surface area contributed by atoms with Crippen molar-refractivity contribution in [3.8, 4) is 66.8 Å². The van der Waals surface area contributed by atoms with Crippen LogP contribution in [0.5, 0.6) is 0 Å². The molecule has 0 atom stereocenters. The Bertz CT molecular complexity index is 3330. The molecular weight excluding hydrogens is 771 g/mol. The Hall–Kier alpha value is -7.22. The highest BCUT2D eigenvalue weighted by Crippen LogP contribution is 2.60. The van der Waals surface area contributed by atoms with Gasteiger partial charge in [0.25, 0.3) is 0 Å². The van der Waals surface area contributed by atoms with Crippen LogP contribution in [0, 0.1) is 0 Å². The molecule has 9 aromatic rings. The van der Waals surface area contributed by atoms with Crippen LogP contribution in [0.4, 0.5) is 17.1 Å². The first-order valence-electron chi connectivity index (χ1n) is 22.8. The first kappa shape index (κ1) is 38.5. The van der Waals surface area contributed by atoms with Gasteiger partial charge in [0.15, 0.2) is 0 Å². The topological polar surface area (TPSA) is 3.24 Å². The van der Waals surface area contributed by atoms with E-state index >= 15 is 0 Å². The first-order valence-corrected chi connectivity index (χ1v) is 22.8. The number of hydrogen-bond acceptors (Lipinski definition) is 1. The molecule has 308 valence electrons. The second kappa shape index (κ2) is 13.9. The van der Waals surface area contributed by atoms with E-state index in [1.54, 1.807) is 0 Å². The van der Waals surface area contributed by atoms with Crippen molar-refractivity contribution in [3.63, 3.8) is 0 Å². The van der Waals surface area contributed by atoms with Crippen LogP contribution in [-0.2, 0) is 16.2 Å². The minimum absolute atomic E-state index is 0.0969. The summed E-state index contributed by atoms with van der Waals surface area (Å²) in [6.07, 6.45) is 0. The van der Waals surface area contributed by atoms with Gasteiger partial charge in [-0.3, -0.25) is 0 Å². The number of para-hydroxylation sites is 1. The molecular formula is C63H51N. The monoisotopic (exact) mass is 821 g/mol. The van der Waals surface area contributed by atoms with Gasteiger partial charge in [-0.05, 0) is 161 Å². The van der Waals surface area contributed by atoms with E-state index in [4.69, 9.17) is 0 Å². The molecule has 0 radical (unpaired) electrons. The van der Waals surface area contributed by atoms with E-state index in [0.29, 0.717) is 0 Å². The Kier molecular flexibility index (Phi) is 8.35. The van der Waals surface area contributed by atoms with Gasteiger partial charge >= 0.3 is 0 Å². The van der Waals surface area contributed by atoms with Crippen molar-refractivity contribution >= 4 is 17.1 Å². The zero-order valence-corrected chi connectivity index (χ0v) is 37.5. The maximum atomic E-state index is 2.57. The van der Waals surface area contributed by atoms with E-state index in [1.165, 1.54) is 100 Å². The molecule has 0 amide bonds. The minimum Gasteiger partial charge on any atom is -0.310 e. The Balaban J connectivity index is 1.01. The lowest BCUT2D eigenvalue weighted by Gasteiger charge is -2.28. The first-order chi connectivity index (χ1) is 31.0. The van der Waals surface area contributed by atoms with Gasteiger partial charge in [-0.25, -0.2) is 0 Å². The summed E-state index contributed by atoms with van der Waals surface area (Å²) in [4.78, 5) is 2.44. The average molecular weight is 822 g/mol. The van der Waals surface area contributed by atoms with Crippen LogP contribution in [0.1, 0.15) is 74.9 Å². The second-order valence-corrected chi connectivity index (χ2v) is 19.7. The zero-order chi connectivity index (χ0) is 43.5. The van der Waals surface area contributed by atoms with Gasteiger partial charge in [0.2, 0.25) is 0 Å². The summed E-state index contributed by atoms with van der Waals surface area (Å²) in [5.41, 5.74) is 26.9. The van der Waals surface area contributed by atoms with E-state index in [1.807, 2.05) is 0 Å². The molecule has 0 aliphatic heterocycles. The fourth-order valence-electron chi connectivity index (χ4n) is 11.8. The van der Waals surface area contributed by atoms with Crippen LogP contribution in [0.3, 0.4) is 0 Å². The second-order valence-electron chi connectivity index (χ2n) is 19.7. The lowest BCUT2D eigenvalue weighted by molar-refractivity contribution is 0.653. The Morgan fingerprint density at radius 3 is 1.55 bits per heavy atom. The molecule has 9 aromatic carbocycles. The van der Waals surface area contributed by atoms with Crippen LogP contribution in [0.2, 0.25) is 0 Å². The third kappa shape index (κ3) is 5.56. The summed E-state index contributed by atoms with van der Waals surface area (Å²) in [6.45, 7) is 14.4. The molecule has 0 spiro atoms. The Morgan fingerprint density at radius 1 is 0.266 bits per heavy atom. The summed E-state index contributed by atoms with van der Waals surface area (Å²) in [5.74, 6) is 0. The molecule has 0 N–H and O–H groups in total. The number of rotatable bonds is 6. The fraction of sp³-hybridized carbons (Fsp3) is 0.143. The molecule has 0 aromatic heterocycles. The largest absolute Gasteiger partial charge is 0.310 e. The average Bonchev–Trinajstić information content (AvgIpc) is 3.81. The molecule has 12 rings (SSSR count). The van der Waals surface area contributed by atoms with Gasteiger partial charge in [-0.2, -0.15) is 0 Å². The Labute approximate surface area is 378 Å². The van der Waals surface area contributed by atoms with Crippen molar-refractivity contribution in [1.82, 2.24) is 0 Å². The zero-order valence-electron chi connectivity index (χ0n) is 37.5. The van der Waals surface area contributed by atoms with E-state index < -0.39 is 0 Å². The third-order valence-corrected chi connectivity index (χ3v) is 15.0. The minimum atomic E-state index is -0.218. The smallest absolute Gasteiger partial charge is 0.0467 e. The molecule has 0 unspecified atom stereocenters. The highest BCUT2D eigenvalue weighted by Gasteiger charge is 2.44. The highest BCUT2D eigenvalue weighted by molar-refractivity contribution is 5.99. The maximum absolute atomic E-state index is 2.57. The lowest BCUT2D eigenvalue weighted by Crippen LogP contribution is -2.17. The highest BCUT2D eigenvalue weighted by atomic mass is 15.1. The van der Waals surface area contributed by atoms with E-state index in [-0.39, 0.29) is 16.2 Å². The molecule has 3 aliphatic carbocycles. The van der Waals surface area contributed by atoms with Gasteiger partial charge in [0.05, 0.1) is 0 Å². The van der Waals surface area contributed by atoms with Crippen LogP contribution in [0.25, 0.3) is 66.8 Å². The van der Waals surface area contributed by atoms with Gasteiger partial charge in [-0.15, -0.1) is 0 Å². The van der Waals surface area contributed by atoms with Gasteiger partial charge in [0, 0.05) is 33.3 Å². The summed E-state index contributed by atoms with van der Waals surface area (Å²) >= 11 is 0. The van der Waals surface area contributed by atoms with Crippen LogP contribution >= 0.6 is 0 Å². The lowest BCUT2D eigenvalue weighted by atomic mass is 9.77. The van der Waals surface area contributed by atoms with Gasteiger partial charge < -0.3 is 4.90 Å². The summed E-state index contributed by atoms with van der Waals surface area (Å²) in [5, 5.41) is 0. The molecule has 0 fully saturated rings. The summed E-state index contributed by atoms with van der Waals surface area (Å²) in [7, 11) is 0. The molecule has 64 heavy (non-hydrogen) atoms. The molecule has 0 heterocycles. The number of fused-ring (bicyclic) bond motifs is 9. The van der Waals surface area contributed by atoms with E-state index in [2.05, 4.69) is 247 Å². The van der Waals surface area contributed by atoms with Crippen molar-refractivity contribution in [1.29, 1.82) is 0 Å². The summed E-state index contributed by atoms with van der Waals surface area (Å²) in [6, 6.07) is 74.9. The number of anilines is 3. The van der Waals surface area contributed by atoms with Gasteiger partial charge in [-0.1, -0.05) is 181 Å². The van der Waals surface area contributed by atoms with E-state index in [0.717, 1.165) is 17.1 Å². The third-order valence-electron chi connectivity index (χ3n) is 15.0. The molecule has 0 saturated carbocycles. The predicted molar refractivity (Wildman–Crippen MR) is 270 cm³/mol. The van der Waals surface area contributed by atoms with Crippen molar-refractivity contribution in [2.24, 2.45) is 0 Å². The Morgan fingerprint density at radius 2 is 0.781 bits per heavy atom. The van der Waals surface area contributed by atoms with Gasteiger partial charge in [0.1, 0.15) is 0 Å². The number of benzene rings is 9. The molecule has 1 nitrogen and oxygen atoms in total. The van der Waals surface area contributed by atoms with Crippen molar-refractivity contribution in [2.45, 2.75) is 57.8 Å². The summed E-state index contributed by atoms with van der Waals surface area (Å²) < 4.78 is 0. The molecule has 0 saturated heterocycles. The van der Waals surface area contributed by atoms with E-state index in [9.17, 15) is 0 Å². The molecule has 0 bridgehead atoms. The van der Waals surface area contributed by atoms with Crippen LogP contribution in [0.15, 0.2) is 200 Å². The maximum Gasteiger partial charge on any atom is 0.0467 e. The fourth-order valence-corrected chi connectivity index (χ4v) is 11.8. The predicted octanol–water partition coefficient (Wildman–Crippen LogP) is 17.1. The quantitative estimate of drug-likeness (QED) is 0.161. The normalized spacial score (nSPS) is 15.1. The van der Waals surface area contributed by atoms with Crippen LogP contribution < -0.4 is 4.90 Å². The van der Waals surface area contributed by atoms with Crippen molar-refractivity contribution in [3.05, 3.63) is 234 Å². The van der Waals surface area contributed by atoms with Crippen molar-refractivity contribution < 1.29 is 0 Å². The molecule has 3 aliphatic rings. The number of nitrogens with zero attached hydrogens (tertiary/aromatic N) is 1. The van der Waals surface area contributed by atoms with Crippen molar-refractivity contribution in [2.75, 3.05) is 4.90 Å². The SMILES string of the molecule is CC1(C)c2ccccc2-c2ccc(N(c3ccccc3)c3cccc(-c4cccc5c4-c4cc6c(cc4C5(C)C)-c4cc(-c5ccccc5)cc(-c5ccccc5)c4C6(C)C)c3)cc21. The molecule has 1 heteroatoms. The standard InChI is InChI=1S/C63H51N/c1-61(2)54-30-17-16-28-48(54)49-33-32-46(37-56(49)61)64(44-25-14-9-15-26-44)45-27-18-24-42(34-45)47-29-19-31-55-59(47)53-39-57-51(38-58(53)62(55,3)4)52-36-43(40-20-10-7-11-21-40)35-50(60(52)63(57,5)6)41-22-12-8-13-23-41/h7-39H,1-6H3. The van der Waals surface area contributed by atoms with Crippen LogP contribution in [-0.4, -0.2) is 0 Å². The number of hydrogen-bond donors (Lipinski definition) is 0.